The van der Waals surface area contributed by atoms with Crippen LogP contribution in [0.3, 0.4) is 0 Å². The van der Waals surface area contributed by atoms with Crippen molar-refractivity contribution in [2.75, 3.05) is 19.6 Å². The molecular formula is C25H24F2N2O2S. The summed E-state index contributed by atoms with van der Waals surface area (Å²) in [6.07, 6.45) is 0. The van der Waals surface area contributed by atoms with Gasteiger partial charge >= 0.3 is 0 Å². The first-order chi connectivity index (χ1) is 15.4. The molecule has 4 nitrogen and oxygen atoms in total. The lowest BCUT2D eigenvalue weighted by molar-refractivity contribution is 0.293. The van der Waals surface area contributed by atoms with Crippen LogP contribution in [0.5, 0.6) is 0 Å². The van der Waals surface area contributed by atoms with Crippen molar-refractivity contribution < 1.29 is 17.2 Å². The molecule has 0 radical (unpaired) electrons. The summed E-state index contributed by atoms with van der Waals surface area (Å²) in [4.78, 5) is 2.28. The number of sulfonamides is 1. The number of rotatable bonds is 4. The first-order valence-electron chi connectivity index (χ1n) is 10.7. The molecule has 0 aliphatic carbocycles. The Morgan fingerprint density at radius 3 is 2.41 bits per heavy atom. The minimum Gasteiger partial charge on any atom is -0.298 e. The van der Waals surface area contributed by atoms with E-state index >= 15 is 0 Å². The van der Waals surface area contributed by atoms with Crippen LogP contribution in [0.4, 0.5) is 8.78 Å². The van der Waals surface area contributed by atoms with Crippen LogP contribution in [-0.2, 0) is 23.1 Å². The number of hydrogen-bond donors (Lipinski definition) is 0. The van der Waals surface area contributed by atoms with Crippen molar-refractivity contribution in [3.8, 4) is 0 Å². The Bertz CT molecular complexity index is 1230. The fourth-order valence-electron chi connectivity index (χ4n) is 4.99. The lowest BCUT2D eigenvalue weighted by Gasteiger charge is -2.24. The number of fused-ring (bicyclic) bond motifs is 3. The van der Waals surface area contributed by atoms with Crippen LogP contribution in [-0.4, -0.2) is 37.3 Å². The van der Waals surface area contributed by atoms with Crippen LogP contribution in [0, 0.1) is 17.6 Å². The van der Waals surface area contributed by atoms with Crippen molar-refractivity contribution in [3.63, 3.8) is 0 Å². The molecular weight excluding hydrogens is 430 g/mol. The Balaban J connectivity index is 1.45. The van der Waals surface area contributed by atoms with Gasteiger partial charge in [-0.25, -0.2) is 17.2 Å². The van der Waals surface area contributed by atoms with E-state index in [4.69, 9.17) is 0 Å². The van der Waals surface area contributed by atoms with Gasteiger partial charge in [-0.15, -0.1) is 0 Å². The van der Waals surface area contributed by atoms with Gasteiger partial charge in [0.25, 0.3) is 0 Å². The van der Waals surface area contributed by atoms with E-state index in [1.54, 1.807) is 12.1 Å². The first-order valence-corrected chi connectivity index (χ1v) is 12.1. The minimum atomic E-state index is -3.84. The second-order valence-corrected chi connectivity index (χ2v) is 10.6. The zero-order valence-corrected chi connectivity index (χ0v) is 18.3. The van der Waals surface area contributed by atoms with Crippen LogP contribution in [0.15, 0.2) is 77.7 Å². The molecule has 3 aromatic rings. The van der Waals surface area contributed by atoms with Crippen LogP contribution in [0.2, 0.25) is 0 Å². The molecule has 32 heavy (non-hydrogen) atoms. The van der Waals surface area contributed by atoms with E-state index in [2.05, 4.69) is 11.0 Å². The van der Waals surface area contributed by atoms with Crippen LogP contribution in [0.1, 0.15) is 22.6 Å². The van der Waals surface area contributed by atoms with E-state index in [1.165, 1.54) is 40.2 Å². The largest absolute Gasteiger partial charge is 0.298 e. The molecule has 0 bridgehead atoms. The Labute approximate surface area is 187 Å². The fourth-order valence-corrected chi connectivity index (χ4v) is 6.50. The van der Waals surface area contributed by atoms with Crippen molar-refractivity contribution in [3.05, 3.63) is 101 Å². The topological polar surface area (TPSA) is 40.6 Å². The number of hydrogen-bond acceptors (Lipinski definition) is 3. The van der Waals surface area contributed by atoms with E-state index in [-0.39, 0.29) is 29.1 Å². The molecule has 2 atom stereocenters. The zero-order chi connectivity index (χ0) is 22.3. The Kier molecular flexibility index (Phi) is 5.57. The van der Waals surface area contributed by atoms with Crippen LogP contribution < -0.4 is 0 Å². The zero-order valence-electron chi connectivity index (χ0n) is 17.5. The van der Waals surface area contributed by atoms with E-state index in [9.17, 15) is 17.2 Å². The number of benzene rings is 3. The summed E-state index contributed by atoms with van der Waals surface area (Å²) in [6.45, 7) is 2.89. The van der Waals surface area contributed by atoms with Crippen LogP contribution in [0.25, 0.3) is 0 Å². The summed E-state index contributed by atoms with van der Waals surface area (Å²) in [5, 5.41) is 0. The smallest absolute Gasteiger partial charge is 0.243 e. The number of halogens is 2. The summed E-state index contributed by atoms with van der Waals surface area (Å²) in [5.41, 5.74) is 3.19. The highest BCUT2D eigenvalue weighted by Gasteiger charge is 2.41. The molecule has 0 N–H and O–H groups in total. The predicted molar refractivity (Wildman–Crippen MR) is 118 cm³/mol. The molecule has 2 aliphatic heterocycles. The molecule has 7 heteroatoms. The van der Waals surface area contributed by atoms with Crippen molar-refractivity contribution >= 4 is 10.0 Å². The molecule has 166 valence electrons. The third kappa shape index (κ3) is 4.08. The van der Waals surface area contributed by atoms with Gasteiger partial charge in [0.2, 0.25) is 10.0 Å². The lowest BCUT2D eigenvalue weighted by Crippen LogP contribution is -2.35. The second kappa shape index (κ2) is 8.39. The number of nitrogens with zero attached hydrogens (tertiary/aromatic N) is 2. The van der Waals surface area contributed by atoms with Crippen molar-refractivity contribution in [1.29, 1.82) is 0 Å². The van der Waals surface area contributed by atoms with E-state index < -0.39 is 15.8 Å². The Morgan fingerprint density at radius 2 is 1.62 bits per heavy atom. The summed E-state index contributed by atoms with van der Waals surface area (Å²) in [6, 6.07) is 19.7. The molecule has 1 saturated heterocycles. The van der Waals surface area contributed by atoms with Crippen molar-refractivity contribution in [2.45, 2.75) is 23.9 Å². The highest BCUT2D eigenvalue weighted by molar-refractivity contribution is 7.89. The molecule has 3 aromatic carbocycles. The van der Waals surface area contributed by atoms with Gasteiger partial charge in [0.1, 0.15) is 11.6 Å². The molecule has 2 aliphatic rings. The van der Waals surface area contributed by atoms with E-state index in [0.29, 0.717) is 13.1 Å². The van der Waals surface area contributed by atoms with Gasteiger partial charge in [-0.05, 0) is 52.9 Å². The number of likely N-dealkylation sites (tertiary alicyclic amines) is 1. The summed E-state index contributed by atoms with van der Waals surface area (Å²) < 4.78 is 55.3. The summed E-state index contributed by atoms with van der Waals surface area (Å²) >= 11 is 0. The fraction of sp³-hybridized carbons (Fsp3) is 0.280. The van der Waals surface area contributed by atoms with Gasteiger partial charge in [0.15, 0.2) is 0 Å². The van der Waals surface area contributed by atoms with Gasteiger partial charge in [0.05, 0.1) is 4.90 Å². The third-order valence-electron chi connectivity index (χ3n) is 6.51. The van der Waals surface area contributed by atoms with Crippen LogP contribution >= 0.6 is 0 Å². The molecule has 0 spiro atoms. The Morgan fingerprint density at radius 1 is 0.844 bits per heavy atom. The molecule has 1 fully saturated rings. The molecule has 0 unspecified atom stereocenters. The SMILES string of the molecule is O=S(=O)(c1cccc(F)c1)N1Cc2ccccc2[C@H]2CN(Cc3ccc(F)cc3)C[C@@H]2C1. The maximum absolute atomic E-state index is 13.8. The summed E-state index contributed by atoms with van der Waals surface area (Å²) in [7, 11) is -3.84. The highest BCUT2D eigenvalue weighted by atomic mass is 32.2. The van der Waals surface area contributed by atoms with Crippen molar-refractivity contribution in [1.82, 2.24) is 9.21 Å². The molecule has 5 rings (SSSR count). The van der Waals surface area contributed by atoms with Crippen molar-refractivity contribution in [2.24, 2.45) is 5.92 Å². The standard InChI is InChI=1S/C25H24F2N2O2S/c26-21-10-8-18(9-11-21)13-28-14-20-16-29(32(30,31)23-6-3-5-22(27)12-23)15-19-4-1-2-7-24(19)25(20)17-28/h1-12,20,25H,13-17H2/t20-,25+/m1/s1. The lowest BCUT2D eigenvalue weighted by atomic mass is 9.87. The van der Waals surface area contributed by atoms with Gasteiger partial charge in [-0.1, -0.05) is 42.5 Å². The van der Waals surface area contributed by atoms with E-state index in [1.807, 2.05) is 18.2 Å². The quantitative estimate of drug-likeness (QED) is 0.587. The second-order valence-electron chi connectivity index (χ2n) is 8.64. The molecule has 0 amide bonds. The monoisotopic (exact) mass is 454 g/mol. The molecule has 2 heterocycles. The average Bonchev–Trinajstić information content (AvgIpc) is 3.10. The predicted octanol–water partition coefficient (Wildman–Crippen LogP) is 4.38. The average molecular weight is 455 g/mol. The Hall–Kier alpha value is -2.61. The molecule has 0 aromatic heterocycles. The molecule has 0 saturated carbocycles. The van der Waals surface area contributed by atoms with Gasteiger partial charge < -0.3 is 0 Å². The maximum Gasteiger partial charge on any atom is 0.243 e. The van der Waals surface area contributed by atoms with E-state index in [0.717, 1.165) is 30.3 Å². The highest BCUT2D eigenvalue weighted by Crippen LogP contribution is 2.40. The maximum atomic E-state index is 13.8. The summed E-state index contributed by atoms with van der Waals surface area (Å²) in [5.74, 6) is -0.500. The third-order valence-corrected chi connectivity index (χ3v) is 8.32. The van der Waals surface area contributed by atoms with Gasteiger partial charge in [0, 0.05) is 38.6 Å². The normalized spacial score (nSPS) is 21.7. The van der Waals surface area contributed by atoms with Gasteiger partial charge in [-0.2, -0.15) is 4.31 Å². The van der Waals surface area contributed by atoms with Gasteiger partial charge in [-0.3, -0.25) is 4.90 Å². The minimum absolute atomic E-state index is 0.0189. The first kappa shape index (κ1) is 21.2.